The maximum absolute atomic E-state index is 14.2. The molecule has 6 heteroatoms. The predicted molar refractivity (Wildman–Crippen MR) is 135 cm³/mol. The van der Waals surface area contributed by atoms with E-state index in [1.165, 1.54) is 32.0 Å². The molecule has 2 N–H and O–H groups in total. The van der Waals surface area contributed by atoms with Crippen molar-refractivity contribution in [3.63, 3.8) is 0 Å². The Morgan fingerprint density at radius 1 is 1.00 bits per heavy atom. The van der Waals surface area contributed by atoms with E-state index < -0.39 is 5.82 Å². The number of ether oxygens (including phenoxy) is 2. The molecule has 3 aromatic carbocycles. The van der Waals surface area contributed by atoms with Crippen molar-refractivity contribution >= 4 is 0 Å². The normalized spacial score (nSPS) is 20.2. The lowest BCUT2D eigenvalue weighted by atomic mass is 9.88. The summed E-state index contributed by atoms with van der Waals surface area (Å²) in [7, 11) is 0. The van der Waals surface area contributed by atoms with Gasteiger partial charge in [-0.1, -0.05) is 37.3 Å². The first-order chi connectivity index (χ1) is 16.9. The Labute approximate surface area is 206 Å². The van der Waals surface area contributed by atoms with E-state index in [1.807, 2.05) is 37.3 Å². The Balaban J connectivity index is 0.000000356. The lowest BCUT2D eigenvalue weighted by molar-refractivity contribution is 0.159. The first kappa shape index (κ1) is 24.9. The van der Waals surface area contributed by atoms with E-state index >= 15 is 0 Å². The lowest BCUT2D eigenvalue weighted by Gasteiger charge is -2.31. The Hall–Kier alpha value is -3.25. The molecule has 2 heterocycles. The largest absolute Gasteiger partial charge is 0.508 e. The molecule has 5 rings (SSSR count). The van der Waals surface area contributed by atoms with Crippen LogP contribution in [0.3, 0.4) is 0 Å². The van der Waals surface area contributed by atoms with Crippen molar-refractivity contribution in [2.75, 3.05) is 19.7 Å². The second-order valence-corrected chi connectivity index (χ2v) is 9.36. The van der Waals surface area contributed by atoms with E-state index in [0.29, 0.717) is 36.1 Å². The number of para-hydroxylation sites is 1. The summed E-state index contributed by atoms with van der Waals surface area (Å²) in [6.45, 7) is 7.20. The SMILES string of the molecule is CC1C[C@H](c2ccc(OCC(C)N3CCCC3)cc2)Oc2ccc(O)c(F)c21.Oc1ccccc1. The third kappa shape index (κ3) is 6.25. The zero-order valence-corrected chi connectivity index (χ0v) is 20.4. The number of nitrogens with zero attached hydrogens (tertiary/aromatic N) is 1. The van der Waals surface area contributed by atoms with Gasteiger partial charge in [0.15, 0.2) is 11.6 Å². The highest BCUT2D eigenvalue weighted by atomic mass is 19.1. The lowest BCUT2D eigenvalue weighted by Crippen LogP contribution is -2.34. The summed E-state index contributed by atoms with van der Waals surface area (Å²) in [5.74, 6) is 0.769. The quantitative estimate of drug-likeness (QED) is 0.443. The number of rotatable bonds is 5. The number of aromatic hydroxyl groups is 2. The molecule has 0 aliphatic carbocycles. The molecule has 0 amide bonds. The molecule has 5 nitrogen and oxygen atoms in total. The van der Waals surface area contributed by atoms with E-state index in [0.717, 1.165) is 11.3 Å². The van der Waals surface area contributed by atoms with Crippen LogP contribution in [0.25, 0.3) is 0 Å². The molecule has 35 heavy (non-hydrogen) atoms. The van der Waals surface area contributed by atoms with Crippen LogP contribution in [0.5, 0.6) is 23.0 Å². The van der Waals surface area contributed by atoms with Crippen LogP contribution in [0.1, 0.15) is 56.3 Å². The summed E-state index contributed by atoms with van der Waals surface area (Å²) in [4.78, 5) is 2.47. The van der Waals surface area contributed by atoms with Crippen LogP contribution >= 0.6 is 0 Å². The molecule has 1 fully saturated rings. The van der Waals surface area contributed by atoms with Gasteiger partial charge in [-0.15, -0.1) is 0 Å². The van der Waals surface area contributed by atoms with Gasteiger partial charge in [0.1, 0.15) is 30.0 Å². The van der Waals surface area contributed by atoms with E-state index in [-0.39, 0.29) is 17.8 Å². The fourth-order valence-electron chi connectivity index (χ4n) is 4.68. The van der Waals surface area contributed by atoms with Gasteiger partial charge in [0, 0.05) is 11.6 Å². The Bertz CT molecular complexity index is 1080. The Morgan fingerprint density at radius 3 is 2.31 bits per heavy atom. The van der Waals surface area contributed by atoms with Gasteiger partial charge in [-0.2, -0.15) is 0 Å². The molecular formula is C29H34FNO4. The summed E-state index contributed by atoms with van der Waals surface area (Å²) < 4.78 is 26.2. The average molecular weight is 480 g/mol. The van der Waals surface area contributed by atoms with E-state index in [9.17, 15) is 9.50 Å². The third-order valence-corrected chi connectivity index (χ3v) is 6.71. The molecule has 3 atom stereocenters. The predicted octanol–water partition coefficient (Wildman–Crippen LogP) is 6.41. The number of benzene rings is 3. The van der Waals surface area contributed by atoms with Gasteiger partial charge in [-0.05, 0) is 87.2 Å². The average Bonchev–Trinajstić information content (AvgIpc) is 3.41. The van der Waals surface area contributed by atoms with E-state index in [2.05, 4.69) is 11.8 Å². The van der Waals surface area contributed by atoms with Crippen molar-refractivity contribution in [3.8, 4) is 23.0 Å². The molecule has 0 bridgehead atoms. The first-order valence-corrected chi connectivity index (χ1v) is 12.3. The fraction of sp³-hybridized carbons (Fsp3) is 0.379. The maximum atomic E-state index is 14.2. The molecule has 2 aliphatic heterocycles. The van der Waals surface area contributed by atoms with Crippen LogP contribution in [-0.2, 0) is 0 Å². The molecule has 3 aromatic rings. The number of fused-ring (bicyclic) bond motifs is 1. The van der Waals surface area contributed by atoms with Crippen LogP contribution in [0, 0.1) is 5.82 Å². The molecule has 0 spiro atoms. The van der Waals surface area contributed by atoms with Crippen LogP contribution in [0.2, 0.25) is 0 Å². The molecule has 0 saturated carbocycles. The summed E-state index contributed by atoms with van der Waals surface area (Å²) in [5.41, 5.74) is 1.51. The summed E-state index contributed by atoms with van der Waals surface area (Å²) >= 11 is 0. The minimum atomic E-state index is -0.570. The van der Waals surface area contributed by atoms with Crippen molar-refractivity contribution in [3.05, 3.63) is 83.7 Å². The minimum absolute atomic E-state index is 0.0295. The molecule has 186 valence electrons. The summed E-state index contributed by atoms with van der Waals surface area (Å²) in [6, 6.07) is 20.1. The second kappa shape index (κ2) is 11.5. The van der Waals surface area contributed by atoms with Crippen LogP contribution < -0.4 is 9.47 Å². The number of phenols is 2. The maximum Gasteiger partial charge on any atom is 0.171 e. The molecule has 2 unspecified atom stereocenters. The second-order valence-electron chi connectivity index (χ2n) is 9.36. The van der Waals surface area contributed by atoms with Crippen LogP contribution in [-0.4, -0.2) is 40.9 Å². The summed E-state index contributed by atoms with van der Waals surface area (Å²) in [6.07, 6.45) is 3.10. The highest BCUT2D eigenvalue weighted by molar-refractivity contribution is 5.45. The van der Waals surface area contributed by atoms with Crippen molar-refractivity contribution in [2.45, 2.75) is 51.2 Å². The smallest absolute Gasteiger partial charge is 0.171 e. The number of hydrogen-bond donors (Lipinski definition) is 2. The van der Waals surface area contributed by atoms with Crippen LogP contribution in [0.15, 0.2) is 66.7 Å². The van der Waals surface area contributed by atoms with Gasteiger partial charge in [0.2, 0.25) is 0 Å². The summed E-state index contributed by atoms with van der Waals surface area (Å²) in [5, 5.41) is 18.3. The minimum Gasteiger partial charge on any atom is -0.508 e. The zero-order chi connectivity index (χ0) is 24.8. The van der Waals surface area contributed by atoms with Gasteiger partial charge in [0.25, 0.3) is 0 Å². The van der Waals surface area contributed by atoms with Gasteiger partial charge in [0.05, 0.1) is 0 Å². The highest BCUT2D eigenvalue weighted by Gasteiger charge is 2.30. The van der Waals surface area contributed by atoms with E-state index in [4.69, 9.17) is 14.6 Å². The molecule has 1 saturated heterocycles. The molecule has 0 aromatic heterocycles. The van der Waals surface area contributed by atoms with Crippen LogP contribution in [0.4, 0.5) is 4.39 Å². The van der Waals surface area contributed by atoms with Crippen molar-refractivity contribution in [1.82, 2.24) is 4.90 Å². The Morgan fingerprint density at radius 2 is 1.69 bits per heavy atom. The van der Waals surface area contributed by atoms with Gasteiger partial charge >= 0.3 is 0 Å². The molecule has 0 radical (unpaired) electrons. The van der Waals surface area contributed by atoms with Gasteiger partial charge < -0.3 is 19.7 Å². The zero-order valence-electron chi connectivity index (χ0n) is 20.4. The van der Waals surface area contributed by atoms with Gasteiger partial charge in [-0.25, -0.2) is 4.39 Å². The molecular weight excluding hydrogens is 445 g/mol. The first-order valence-electron chi connectivity index (χ1n) is 12.3. The van der Waals surface area contributed by atoms with Crippen molar-refractivity contribution < 1.29 is 24.1 Å². The van der Waals surface area contributed by atoms with E-state index in [1.54, 1.807) is 30.3 Å². The fourth-order valence-corrected chi connectivity index (χ4v) is 4.68. The molecule has 2 aliphatic rings. The van der Waals surface area contributed by atoms with Gasteiger partial charge in [-0.3, -0.25) is 4.90 Å². The van der Waals surface area contributed by atoms with Crippen molar-refractivity contribution in [1.29, 1.82) is 0 Å². The number of phenolic OH excluding ortho intramolecular Hbond substituents is 2. The highest BCUT2D eigenvalue weighted by Crippen LogP contribution is 2.45. The number of hydrogen-bond acceptors (Lipinski definition) is 5. The van der Waals surface area contributed by atoms with Crippen molar-refractivity contribution in [2.24, 2.45) is 0 Å². The third-order valence-electron chi connectivity index (χ3n) is 6.71. The number of halogens is 1. The topological polar surface area (TPSA) is 62.2 Å². The standard InChI is InChI=1S/C23H28FNO3.C6H6O/c1-15-13-21(28-20-10-9-19(26)23(24)22(15)20)17-5-7-18(8-6-17)27-14-16(2)25-11-3-4-12-25;7-6-4-2-1-3-5-6/h5-10,15-16,21,26H,3-4,11-14H2,1-2H3;1-5,7H/t15?,16?,21-;/m1./s1. The number of likely N-dealkylation sites (tertiary alicyclic amines) is 1. The Kier molecular flexibility index (Phi) is 8.13. The monoisotopic (exact) mass is 479 g/mol.